The van der Waals surface area contributed by atoms with Crippen LogP contribution in [0.2, 0.25) is 0 Å². The molecule has 0 unspecified atom stereocenters. The Morgan fingerprint density at radius 2 is 1.80 bits per heavy atom. The fourth-order valence-electron chi connectivity index (χ4n) is 1.58. The Balaban J connectivity index is 2.18. The predicted molar refractivity (Wildman–Crippen MR) is 56.3 cm³/mol. The Hall–Kier alpha value is -2.30. The SMILES string of the molecule is O=C1Nc2ccccc2Nc2[nH]ncc21. The molecule has 0 saturated carbocycles. The van der Waals surface area contributed by atoms with Gasteiger partial charge >= 0.3 is 0 Å². The molecule has 0 aliphatic carbocycles. The maximum absolute atomic E-state index is 11.7. The Morgan fingerprint density at radius 1 is 1.07 bits per heavy atom. The minimum Gasteiger partial charge on any atom is -0.338 e. The Kier molecular flexibility index (Phi) is 1.53. The van der Waals surface area contributed by atoms with Gasteiger partial charge in [0.25, 0.3) is 5.91 Å². The van der Waals surface area contributed by atoms with Gasteiger partial charge in [0.2, 0.25) is 0 Å². The van der Waals surface area contributed by atoms with E-state index in [1.165, 1.54) is 6.20 Å². The van der Waals surface area contributed by atoms with Crippen LogP contribution in [0.5, 0.6) is 0 Å². The molecule has 0 saturated heterocycles. The molecular formula is C10H8N4O. The number of anilines is 3. The van der Waals surface area contributed by atoms with Gasteiger partial charge in [-0.05, 0) is 12.1 Å². The third-order valence-electron chi connectivity index (χ3n) is 2.32. The highest BCUT2D eigenvalue weighted by Gasteiger charge is 2.19. The molecule has 1 aliphatic heterocycles. The fraction of sp³-hybridized carbons (Fsp3) is 0. The highest BCUT2D eigenvalue weighted by Crippen LogP contribution is 2.29. The largest absolute Gasteiger partial charge is 0.338 e. The number of H-pyrrole nitrogens is 1. The van der Waals surface area contributed by atoms with E-state index in [0.717, 1.165) is 11.4 Å². The van der Waals surface area contributed by atoms with Crippen molar-refractivity contribution in [2.75, 3.05) is 10.6 Å². The number of hydrogen-bond donors (Lipinski definition) is 3. The normalized spacial score (nSPS) is 13.2. The molecule has 5 heteroatoms. The van der Waals surface area contributed by atoms with E-state index in [1.807, 2.05) is 24.3 Å². The Morgan fingerprint density at radius 3 is 2.60 bits per heavy atom. The molecule has 3 N–H and O–H groups in total. The maximum atomic E-state index is 11.7. The van der Waals surface area contributed by atoms with Crippen molar-refractivity contribution < 1.29 is 4.79 Å². The quantitative estimate of drug-likeness (QED) is 0.606. The first-order valence-corrected chi connectivity index (χ1v) is 4.55. The van der Waals surface area contributed by atoms with Gasteiger partial charge < -0.3 is 10.6 Å². The molecule has 1 amide bonds. The number of carbonyl (C=O) groups is 1. The minimum absolute atomic E-state index is 0.156. The van der Waals surface area contributed by atoms with Crippen molar-refractivity contribution in [2.24, 2.45) is 0 Å². The molecule has 5 nitrogen and oxygen atoms in total. The number of aromatic amines is 1. The highest BCUT2D eigenvalue weighted by atomic mass is 16.1. The van der Waals surface area contributed by atoms with Crippen LogP contribution in [0, 0.1) is 0 Å². The summed E-state index contributed by atoms with van der Waals surface area (Å²) in [5.41, 5.74) is 2.15. The molecule has 0 atom stereocenters. The summed E-state index contributed by atoms with van der Waals surface area (Å²) in [4.78, 5) is 11.7. The van der Waals surface area contributed by atoms with Crippen LogP contribution in [-0.2, 0) is 0 Å². The highest BCUT2D eigenvalue weighted by molar-refractivity contribution is 6.11. The topological polar surface area (TPSA) is 69.8 Å². The molecule has 1 aromatic carbocycles. The molecule has 3 rings (SSSR count). The lowest BCUT2D eigenvalue weighted by Crippen LogP contribution is -2.09. The second kappa shape index (κ2) is 2.84. The number of aromatic nitrogens is 2. The second-order valence-corrected chi connectivity index (χ2v) is 3.28. The summed E-state index contributed by atoms with van der Waals surface area (Å²) < 4.78 is 0. The molecule has 15 heavy (non-hydrogen) atoms. The monoisotopic (exact) mass is 200 g/mol. The lowest BCUT2D eigenvalue weighted by molar-refractivity contribution is 0.102. The molecule has 74 valence electrons. The third kappa shape index (κ3) is 1.17. The average Bonchev–Trinajstić information content (AvgIpc) is 2.64. The third-order valence-corrected chi connectivity index (χ3v) is 2.32. The smallest absolute Gasteiger partial charge is 0.261 e. The second-order valence-electron chi connectivity index (χ2n) is 3.28. The van der Waals surface area contributed by atoms with E-state index in [1.54, 1.807) is 0 Å². The summed E-state index contributed by atoms with van der Waals surface area (Å²) in [6.07, 6.45) is 1.50. The number of hydrogen-bond acceptors (Lipinski definition) is 3. The number of para-hydroxylation sites is 2. The molecular weight excluding hydrogens is 192 g/mol. The average molecular weight is 200 g/mol. The summed E-state index contributed by atoms with van der Waals surface area (Å²) in [6.45, 7) is 0. The number of carbonyl (C=O) groups excluding carboxylic acids is 1. The number of rotatable bonds is 0. The minimum atomic E-state index is -0.156. The summed E-state index contributed by atoms with van der Waals surface area (Å²) >= 11 is 0. The van der Waals surface area contributed by atoms with E-state index in [-0.39, 0.29) is 5.91 Å². The molecule has 2 aromatic rings. The van der Waals surface area contributed by atoms with E-state index in [2.05, 4.69) is 20.8 Å². The van der Waals surface area contributed by atoms with Gasteiger partial charge in [0.1, 0.15) is 11.4 Å². The van der Waals surface area contributed by atoms with Crippen LogP contribution in [0.25, 0.3) is 0 Å². The van der Waals surface area contributed by atoms with E-state index in [9.17, 15) is 4.79 Å². The van der Waals surface area contributed by atoms with Crippen LogP contribution >= 0.6 is 0 Å². The van der Waals surface area contributed by atoms with Gasteiger partial charge in [-0.2, -0.15) is 5.10 Å². The van der Waals surface area contributed by atoms with Gasteiger partial charge in [-0.15, -0.1) is 0 Å². The van der Waals surface area contributed by atoms with Crippen LogP contribution in [0.15, 0.2) is 30.5 Å². The van der Waals surface area contributed by atoms with Gasteiger partial charge in [-0.1, -0.05) is 12.1 Å². The lowest BCUT2D eigenvalue weighted by Gasteiger charge is -2.05. The summed E-state index contributed by atoms with van der Waals surface area (Å²) in [5.74, 6) is 0.466. The predicted octanol–water partition coefficient (Wildman–Crippen LogP) is 1.72. The molecule has 0 spiro atoms. The van der Waals surface area contributed by atoms with Crippen molar-refractivity contribution >= 4 is 23.1 Å². The van der Waals surface area contributed by atoms with Crippen molar-refractivity contribution in [1.82, 2.24) is 10.2 Å². The van der Waals surface area contributed by atoms with Crippen molar-refractivity contribution in [2.45, 2.75) is 0 Å². The maximum Gasteiger partial charge on any atom is 0.261 e. The lowest BCUT2D eigenvalue weighted by atomic mass is 10.2. The van der Waals surface area contributed by atoms with Crippen molar-refractivity contribution in [3.63, 3.8) is 0 Å². The number of nitrogens with zero attached hydrogens (tertiary/aromatic N) is 1. The molecule has 0 bridgehead atoms. The van der Waals surface area contributed by atoms with Crippen LogP contribution in [0.1, 0.15) is 10.4 Å². The first kappa shape index (κ1) is 8.05. The summed E-state index contributed by atoms with van der Waals surface area (Å²) in [7, 11) is 0. The number of amides is 1. The molecule has 1 aliphatic rings. The van der Waals surface area contributed by atoms with Gasteiger partial charge in [-0.25, -0.2) is 0 Å². The van der Waals surface area contributed by atoms with E-state index in [0.29, 0.717) is 11.4 Å². The van der Waals surface area contributed by atoms with Crippen molar-refractivity contribution in [3.8, 4) is 0 Å². The van der Waals surface area contributed by atoms with Crippen LogP contribution < -0.4 is 10.6 Å². The van der Waals surface area contributed by atoms with Gasteiger partial charge in [0.15, 0.2) is 0 Å². The van der Waals surface area contributed by atoms with Crippen LogP contribution in [0.4, 0.5) is 17.2 Å². The number of fused-ring (bicyclic) bond motifs is 2. The summed E-state index contributed by atoms with van der Waals surface area (Å²) in [5, 5.41) is 12.5. The van der Waals surface area contributed by atoms with Gasteiger partial charge in [-0.3, -0.25) is 9.89 Å². The Labute approximate surface area is 85.5 Å². The van der Waals surface area contributed by atoms with E-state index in [4.69, 9.17) is 0 Å². The zero-order valence-electron chi connectivity index (χ0n) is 7.74. The zero-order chi connectivity index (χ0) is 10.3. The number of nitrogens with one attached hydrogen (secondary N) is 3. The first-order chi connectivity index (χ1) is 7.34. The molecule has 2 heterocycles. The van der Waals surface area contributed by atoms with Crippen molar-refractivity contribution in [1.29, 1.82) is 0 Å². The molecule has 0 radical (unpaired) electrons. The number of benzene rings is 1. The van der Waals surface area contributed by atoms with Gasteiger partial charge in [0, 0.05) is 0 Å². The standard InChI is InChI=1S/C10H8N4O/c15-10-6-5-11-14-9(6)12-7-3-1-2-4-8(7)13-10/h1-5H,(H,13,15)(H2,11,12,14). The zero-order valence-corrected chi connectivity index (χ0v) is 7.74. The van der Waals surface area contributed by atoms with Gasteiger partial charge in [0.05, 0.1) is 17.6 Å². The van der Waals surface area contributed by atoms with Crippen LogP contribution in [0.3, 0.4) is 0 Å². The Bertz CT molecular complexity index is 532. The van der Waals surface area contributed by atoms with Crippen LogP contribution in [-0.4, -0.2) is 16.1 Å². The van der Waals surface area contributed by atoms with Crippen molar-refractivity contribution in [3.05, 3.63) is 36.0 Å². The van der Waals surface area contributed by atoms with E-state index < -0.39 is 0 Å². The first-order valence-electron chi connectivity index (χ1n) is 4.55. The van der Waals surface area contributed by atoms with E-state index >= 15 is 0 Å². The fourth-order valence-corrected chi connectivity index (χ4v) is 1.58. The molecule has 1 aromatic heterocycles. The molecule has 0 fully saturated rings. The summed E-state index contributed by atoms with van der Waals surface area (Å²) in [6, 6.07) is 7.52.